The highest BCUT2D eigenvalue weighted by Crippen LogP contribution is 2.32. The van der Waals surface area contributed by atoms with Gasteiger partial charge >= 0.3 is 0 Å². The van der Waals surface area contributed by atoms with E-state index in [-0.39, 0.29) is 5.76 Å². The quantitative estimate of drug-likeness (QED) is 0.362. The number of aliphatic hydroxyl groups excluding tert-OH is 2. The molecule has 0 fully saturated rings. The molecule has 0 saturated carbocycles. The maximum atomic E-state index is 9.50. The average molecular weight is 458 g/mol. The number of halogens is 1. The number of benzene rings is 2. The zero-order chi connectivity index (χ0) is 22.9. The van der Waals surface area contributed by atoms with Gasteiger partial charge < -0.3 is 29.6 Å². The molecule has 9 heteroatoms. The molecule has 4 rings (SSSR count). The van der Waals surface area contributed by atoms with Crippen LogP contribution in [-0.2, 0) is 5.54 Å². The lowest BCUT2D eigenvalue weighted by Gasteiger charge is -2.21. The molecule has 0 unspecified atom stereocenters. The van der Waals surface area contributed by atoms with Crippen LogP contribution in [0, 0.1) is 5.92 Å². The van der Waals surface area contributed by atoms with Gasteiger partial charge in [0.25, 0.3) is 5.89 Å². The number of hydrogen-bond donors (Lipinski definition) is 3. The van der Waals surface area contributed by atoms with E-state index in [4.69, 9.17) is 31.0 Å². The van der Waals surface area contributed by atoms with E-state index in [1.54, 1.807) is 30.3 Å². The van der Waals surface area contributed by atoms with Crippen LogP contribution in [0.3, 0.4) is 0 Å². The van der Waals surface area contributed by atoms with Gasteiger partial charge in [0.05, 0.1) is 24.8 Å². The van der Waals surface area contributed by atoms with Crippen molar-refractivity contribution in [2.24, 2.45) is 11.7 Å². The summed E-state index contributed by atoms with van der Waals surface area (Å²) >= 11 is 6.34. The number of hydrogen-bond acceptors (Lipinski definition) is 8. The fourth-order valence-corrected chi connectivity index (χ4v) is 3.33. The fraction of sp³-hybridized carbons (Fsp3) is 0.304. The zero-order valence-electron chi connectivity index (χ0n) is 17.7. The van der Waals surface area contributed by atoms with E-state index in [0.29, 0.717) is 51.7 Å². The molecule has 168 valence electrons. The number of fused-ring (bicyclic) bond motifs is 1. The van der Waals surface area contributed by atoms with Crippen molar-refractivity contribution in [3.63, 3.8) is 0 Å². The van der Waals surface area contributed by atoms with Crippen molar-refractivity contribution in [2.75, 3.05) is 19.8 Å². The summed E-state index contributed by atoms with van der Waals surface area (Å²) in [5.74, 6) is 2.00. The van der Waals surface area contributed by atoms with Crippen molar-refractivity contribution in [1.29, 1.82) is 0 Å². The Morgan fingerprint density at radius 3 is 2.53 bits per heavy atom. The second kappa shape index (κ2) is 8.91. The van der Waals surface area contributed by atoms with E-state index in [0.717, 1.165) is 5.39 Å². The number of ether oxygens (including phenoxy) is 1. The molecule has 0 atom stereocenters. The zero-order valence-corrected chi connectivity index (χ0v) is 18.5. The van der Waals surface area contributed by atoms with Crippen molar-refractivity contribution >= 4 is 22.6 Å². The Morgan fingerprint density at radius 1 is 1.09 bits per heavy atom. The van der Waals surface area contributed by atoms with Crippen LogP contribution in [0.5, 0.6) is 5.75 Å². The summed E-state index contributed by atoms with van der Waals surface area (Å²) in [4.78, 5) is 4.48. The predicted octanol–water partition coefficient (Wildman–Crippen LogP) is 3.98. The van der Waals surface area contributed by atoms with Crippen molar-refractivity contribution in [2.45, 2.75) is 19.4 Å². The predicted molar refractivity (Wildman–Crippen MR) is 120 cm³/mol. The van der Waals surface area contributed by atoms with Gasteiger partial charge in [0.15, 0.2) is 0 Å². The minimum Gasteiger partial charge on any atom is -0.492 e. The normalized spacial score (nSPS) is 12.1. The minimum absolute atomic E-state index is 0.290. The highest BCUT2D eigenvalue weighted by atomic mass is 35.5. The van der Waals surface area contributed by atoms with E-state index >= 15 is 0 Å². The molecule has 0 bridgehead atoms. The van der Waals surface area contributed by atoms with E-state index in [1.165, 1.54) is 0 Å². The van der Waals surface area contributed by atoms with Crippen LogP contribution in [0.25, 0.3) is 33.8 Å². The SMILES string of the molecule is CC(C)COc1ccc(-c2nc(-c3ccc4oc(C(N)(CO)CO)cc4c3)no2)cc1Cl. The van der Waals surface area contributed by atoms with Gasteiger partial charge in [-0.3, -0.25) is 0 Å². The van der Waals surface area contributed by atoms with Crippen LogP contribution in [0.2, 0.25) is 5.02 Å². The molecule has 2 aromatic carbocycles. The van der Waals surface area contributed by atoms with E-state index < -0.39 is 18.8 Å². The third kappa shape index (κ3) is 4.35. The van der Waals surface area contributed by atoms with Gasteiger partial charge in [-0.1, -0.05) is 30.6 Å². The highest BCUT2D eigenvalue weighted by molar-refractivity contribution is 6.32. The molecule has 0 aliphatic heterocycles. The van der Waals surface area contributed by atoms with Crippen molar-refractivity contribution in [3.05, 3.63) is 53.2 Å². The Morgan fingerprint density at radius 2 is 1.84 bits per heavy atom. The topological polar surface area (TPSA) is 128 Å². The third-order valence-corrected chi connectivity index (χ3v) is 5.30. The summed E-state index contributed by atoms with van der Waals surface area (Å²) in [6.07, 6.45) is 0. The highest BCUT2D eigenvalue weighted by Gasteiger charge is 2.30. The van der Waals surface area contributed by atoms with E-state index in [1.807, 2.05) is 12.1 Å². The Kier molecular flexibility index (Phi) is 6.21. The second-order valence-electron chi connectivity index (χ2n) is 8.11. The van der Waals surface area contributed by atoms with Gasteiger partial charge in [-0.25, -0.2) is 0 Å². The first-order valence-electron chi connectivity index (χ1n) is 10.1. The molecule has 2 heterocycles. The fourth-order valence-electron chi connectivity index (χ4n) is 3.10. The summed E-state index contributed by atoms with van der Waals surface area (Å²) < 4.78 is 16.8. The Balaban J connectivity index is 1.60. The lowest BCUT2D eigenvalue weighted by molar-refractivity contribution is 0.105. The first-order chi connectivity index (χ1) is 15.3. The van der Waals surface area contributed by atoms with Crippen LogP contribution in [0.4, 0.5) is 0 Å². The number of aliphatic hydroxyl groups is 2. The Hall–Kier alpha value is -2.91. The van der Waals surface area contributed by atoms with E-state index in [2.05, 4.69) is 24.0 Å². The number of nitrogens with zero attached hydrogens (tertiary/aromatic N) is 2. The first-order valence-corrected chi connectivity index (χ1v) is 10.5. The molecular formula is C23H24ClN3O5. The van der Waals surface area contributed by atoms with E-state index in [9.17, 15) is 10.2 Å². The van der Waals surface area contributed by atoms with Crippen LogP contribution >= 0.6 is 11.6 Å². The molecule has 4 aromatic rings. The van der Waals surface area contributed by atoms with Gasteiger partial charge in [-0.05, 0) is 48.4 Å². The maximum absolute atomic E-state index is 9.50. The van der Waals surface area contributed by atoms with Crippen LogP contribution < -0.4 is 10.5 Å². The molecule has 0 saturated heterocycles. The number of rotatable bonds is 8. The van der Waals surface area contributed by atoms with Crippen molar-refractivity contribution in [3.8, 4) is 28.6 Å². The largest absolute Gasteiger partial charge is 0.492 e. The maximum Gasteiger partial charge on any atom is 0.258 e. The molecule has 0 radical (unpaired) electrons. The molecule has 8 nitrogen and oxygen atoms in total. The summed E-state index contributed by atoms with van der Waals surface area (Å²) in [6.45, 7) is 3.80. The first kappa shape index (κ1) is 22.3. The number of nitrogens with two attached hydrogens (primary N) is 1. The number of furan rings is 1. The molecule has 4 N–H and O–H groups in total. The summed E-state index contributed by atoms with van der Waals surface area (Å²) in [6, 6.07) is 12.4. The average Bonchev–Trinajstić information content (AvgIpc) is 3.44. The van der Waals surface area contributed by atoms with Crippen LogP contribution in [0.15, 0.2) is 51.4 Å². The van der Waals surface area contributed by atoms with Crippen molar-refractivity contribution < 1.29 is 23.9 Å². The molecular weight excluding hydrogens is 434 g/mol. The standard InChI is InChI=1S/C23H24ClN3O5/c1-13(2)10-30-19-6-4-15(8-17(19)24)22-26-21(27-32-22)14-3-5-18-16(7-14)9-20(31-18)23(25,11-28)12-29/h3-9,13,28-29H,10-12,25H2,1-2H3. The molecule has 32 heavy (non-hydrogen) atoms. The lowest BCUT2D eigenvalue weighted by atomic mass is 10.00. The van der Waals surface area contributed by atoms with Gasteiger partial charge in [0, 0.05) is 16.5 Å². The van der Waals surface area contributed by atoms with Gasteiger partial charge in [0.2, 0.25) is 5.82 Å². The van der Waals surface area contributed by atoms with Gasteiger partial charge in [-0.15, -0.1) is 0 Å². The Bertz CT molecular complexity index is 1230. The third-order valence-electron chi connectivity index (χ3n) is 5.01. The lowest BCUT2D eigenvalue weighted by Crippen LogP contribution is -2.43. The molecule has 0 amide bonds. The van der Waals surface area contributed by atoms with Gasteiger partial charge in [0.1, 0.15) is 22.6 Å². The monoisotopic (exact) mass is 457 g/mol. The number of aromatic nitrogens is 2. The second-order valence-corrected chi connectivity index (χ2v) is 8.52. The molecule has 0 aliphatic carbocycles. The summed E-state index contributed by atoms with van der Waals surface area (Å²) in [5.41, 5.74) is 6.59. The molecule has 0 spiro atoms. The summed E-state index contributed by atoms with van der Waals surface area (Å²) in [5, 5.41) is 24.3. The van der Waals surface area contributed by atoms with Crippen LogP contribution in [-0.4, -0.2) is 40.2 Å². The molecule has 0 aliphatic rings. The smallest absolute Gasteiger partial charge is 0.258 e. The van der Waals surface area contributed by atoms with Crippen LogP contribution in [0.1, 0.15) is 19.6 Å². The van der Waals surface area contributed by atoms with Crippen molar-refractivity contribution in [1.82, 2.24) is 10.1 Å². The molecule has 2 aromatic heterocycles. The summed E-state index contributed by atoms with van der Waals surface area (Å²) in [7, 11) is 0. The Labute approximate surface area is 189 Å². The van der Waals surface area contributed by atoms with Gasteiger partial charge in [-0.2, -0.15) is 4.98 Å². The minimum atomic E-state index is -1.36.